The van der Waals surface area contributed by atoms with Crippen LogP contribution in [-0.2, 0) is 14.3 Å². The van der Waals surface area contributed by atoms with Crippen LogP contribution in [0.5, 0.6) is 0 Å². The van der Waals surface area contributed by atoms with Crippen LogP contribution in [0.3, 0.4) is 0 Å². The molecule has 132 valence electrons. The van der Waals surface area contributed by atoms with Crippen molar-refractivity contribution in [3.8, 4) is 0 Å². The van der Waals surface area contributed by atoms with Crippen LogP contribution in [0.2, 0.25) is 0 Å². The third-order valence-electron chi connectivity index (χ3n) is 4.72. The molecule has 1 unspecified atom stereocenters. The van der Waals surface area contributed by atoms with Crippen molar-refractivity contribution in [3.05, 3.63) is 29.3 Å². The average molecular weight is 333 g/mol. The number of carbonyl (C=O) groups excluding carboxylic acids is 2. The van der Waals surface area contributed by atoms with Gasteiger partial charge < -0.3 is 14.7 Å². The largest absolute Gasteiger partial charge is 0.465 e. The molecule has 1 aliphatic heterocycles. The van der Waals surface area contributed by atoms with Gasteiger partial charge in [0, 0.05) is 25.3 Å². The van der Waals surface area contributed by atoms with Crippen LogP contribution in [0.4, 0.5) is 5.69 Å². The molecular formula is C19H27NO4. The summed E-state index contributed by atoms with van der Waals surface area (Å²) in [5.41, 5.74) is 1.92. The lowest BCUT2D eigenvalue weighted by atomic mass is 9.83. The van der Waals surface area contributed by atoms with E-state index in [0.717, 1.165) is 29.7 Å². The number of ether oxygens (including phenoxy) is 1. The number of hydrogen-bond acceptors (Lipinski definition) is 4. The molecule has 1 fully saturated rings. The molecule has 24 heavy (non-hydrogen) atoms. The number of unbranched alkanes of at least 4 members (excludes halogenated alkanes) is 1. The van der Waals surface area contributed by atoms with E-state index < -0.39 is 5.41 Å². The van der Waals surface area contributed by atoms with Crippen molar-refractivity contribution in [2.45, 2.75) is 46.5 Å². The Bertz CT molecular complexity index is 593. The van der Waals surface area contributed by atoms with Crippen LogP contribution in [0.25, 0.3) is 0 Å². The molecule has 0 radical (unpaired) electrons. The number of hydrogen-bond donors (Lipinski definition) is 1. The first kappa shape index (κ1) is 18.5. The van der Waals surface area contributed by atoms with Gasteiger partial charge in [-0.3, -0.25) is 9.59 Å². The van der Waals surface area contributed by atoms with Gasteiger partial charge in [-0.2, -0.15) is 0 Å². The van der Waals surface area contributed by atoms with E-state index in [-0.39, 0.29) is 37.9 Å². The molecule has 0 spiro atoms. The summed E-state index contributed by atoms with van der Waals surface area (Å²) in [6, 6.07) is 5.87. The van der Waals surface area contributed by atoms with Crippen molar-refractivity contribution in [2.24, 2.45) is 5.41 Å². The number of nitrogens with zero attached hydrogens (tertiary/aromatic N) is 1. The highest BCUT2D eigenvalue weighted by atomic mass is 16.5. The number of benzene rings is 1. The molecule has 1 aliphatic rings. The van der Waals surface area contributed by atoms with E-state index in [9.17, 15) is 14.7 Å². The number of aryl methyl sites for hydroxylation is 2. The summed E-state index contributed by atoms with van der Waals surface area (Å²) in [4.78, 5) is 26.9. The second-order valence-electron chi connectivity index (χ2n) is 6.64. The second kappa shape index (κ2) is 7.79. The number of aliphatic hydroxyl groups is 1. The molecule has 1 N–H and O–H groups in total. The Labute approximate surface area is 143 Å². The summed E-state index contributed by atoms with van der Waals surface area (Å²) in [5, 5.41) is 9.43. The number of carbonyl (C=O) groups is 2. The van der Waals surface area contributed by atoms with E-state index >= 15 is 0 Å². The molecule has 5 heteroatoms. The molecule has 0 aromatic heterocycles. The number of amides is 1. The topological polar surface area (TPSA) is 66.8 Å². The zero-order chi connectivity index (χ0) is 17.7. The highest BCUT2D eigenvalue weighted by molar-refractivity contribution is 6.02. The third-order valence-corrected chi connectivity index (χ3v) is 4.72. The first-order chi connectivity index (χ1) is 11.4. The minimum Gasteiger partial charge on any atom is -0.465 e. The third kappa shape index (κ3) is 3.61. The fraction of sp³-hybridized carbons (Fsp3) is 0.579. The van der Waals surface area contributed by atoms with Gasteiger partial charge in [-0.05, 0) is 37.8 Å². The Kier molecular flexibility index (Phi) is 5.99. The molecule has 1 saturated heterocycles. The molecule has 5 nitrogen and oxygen atoms in total. The second-order valence-corrected chi connectivity index (χ2v) is 6.64. The number of para-hydroxylation sites is 1. The molecule has 2 rings (SSSR count). The van der Waals surface area contributed by atoms with Gasteiger partial charge in [0.2, 0.25) is 5.91 Å². The van der Waals surface area contributed by atoms with Crippen LogP contribution in [0, 0.1) is 19.3 Å². The van der Waals surface area contributed by atoms with Gasteiger partial charge in [0.15, 0.2) is 0 Å². The van der Waals surface area contributed by atoms with E-state index in [1.807, 2.05) is 39.0 Å². The number of aliphatic hydroxyl groups excluding tert-OH is 1. The summed E-state index contributed by atoms with van der Waals surface area (Å²) in [6.07, 6.45) is 2.07. The maximum atomic E-state index is 12.6. The van der Waals surface area contributed by atoms with Gasteiger partial charge in [-0.15, -0.1) is 0 Å². The van der Waals surface area contributed by atoms with Gasteiger partial charge in [0.1, 0.15) is 0 Å². The van der Waals surface area contributed by atoms with Crippen molar-refractivity contribution in [1.82, 2.24) is 0 Å². The lowest BCUT2D eigenvalue weighted by Crippen LogP contribution is -2.37. The lowest BCUT2D eigenvalue weighted by Gasteiger charge is -2.27. The number of rotatable bonds is 7. The predicted molar refractivity (Wildman–Crippen MR) is 92.9 cm³/mol. The monoisotopic (exact) mass is 333 g/mol. The Morgan fingerprint density at radius 1 is 1.33 bits per heavy atom. The van der Waals surface area contributed by atoms with Crippen LogP contribution in [0.15, 0.2) is 18.2 Å². The normalized spacial score (nSPS) is 20.5. The SMILES string of the molecule is CCCCOC(=O)C1(CCO)CC(=O)N(c2c(C)cccc2C)C1. The van der Waals surface area contributed by atoms with E-state index in [1.54, 1.807) is 4.90 Å². The highest BCUT2D eigenvalue weighted by Gasteiger charge is 2.50. The molecule has 1 atom stereocenters. The quantitative estimate of drug-likeness (QED) is 0.615. The van der Waals surface area contributed by atoms with Crippen molar-refractivity contribution in [2.75, 3.05) is 24.7 Å². The van der Waals surface area contributed by atoms with Gasteiger partial charge in [-0.25, -0.2) is 0 Å². The molecule has 1 aromatic rings. The Hall–Kier alpha value is -1.88. The summed E-state index contributed by atoms with van der Waals surface area (Å²) < 4.78 is 5.39. The Balaban J connectivity index is 2.27. The van der Waals surface area contributed by atoms with Crippen LogP contribution >= 0.6 is 0 Å². The summed E-state index contributed by atoms with van der Waals surface area (Å²) in [7, 11) is 0. The van der Waals surface area contributed by atoms with Gasteiger partial charge in [-0.1, -0.05) is 31.5 Å². The molecule has 1 aromatic carbocycles. The van der Waals surface area contributed by atoms with Crippen LogP contribution < -0.4 is 4.90 Å². The minimum atomic E-state index is -0.950. The van der Waals surface area contributed by atoms with Crippen molar-refractivity contribution in [1.29, 1.82) is 0 Å². The van der Waals surface area contributed by atoms with Crippen molar-refractivity contribution in [3.63, 3.8) is 0 Å². The minimum absolute atomic E-state index is 0.0895. The van der Waals surface area contributed by atoms with Gasteiger partial charge >= 0.3 is 5.97 Å². The highest BCUT2D eigenvalue weighted by Crippen LogP contribution is 2.40. The summed E-state index contributed by atoms with van der Waals surface area (Å²) in [5.74, 6) is -0.458. The fourth-order valence-corrected chi connectivity index (χ4v) is 3.35. The first-order valence-electron chi connectivity index (χ1n) is 8.60. The fourth-order valence-electron chi connectivity index (χ4n) is 3.35. The maximum absolute atomic E-state index is 12.6. The summed E-state index contributed by atoms with van der Waals surface area (Å²) >= 11 is 0. The molecule has 1 amide bonds. The zero-order valence-electron chi connectivity index (χ0n) is 14.8. The van der Waals surface area contributed by atoms with E-state index in [4.69, 9.17) is 4.74 Å². The standard InChI is InChI=1S/C19H27NO4/c1-4-5-11-24-18(23)19(9-10-21)12-16(22)20(13-19)17-14(2)7-6-8-15(17)3/h6-8,21H,4-5,9-13H2,1-3H3. The Morgan fingerprint density at radius 3 is 2.58 bits per heavy atom. The van der Waals surface area contributed by atoms with Gasteiger partial charge in [0.25, 0.3) is 0 Å². The van der Waals surface area contributed by atoms with E-state index in [2.05, 4.69) is 0 Å². The molecular weight excluding hydrogens is 306 g/mol. The lowest BCUT2D eigenvalue weighted by molar-refractivity contribution is -0.156. The molecule has 1 heterocycles. The predicted octanol–water partition coefficient (Wildman–Crippen LogP) is 2.75. The van der Waals surface area contributed by atoms with Crippen molar-refractivity contribution < 1.29 is 19.4 Å². The molecule has 0 aliphatic carbocycles. The van der Waals surface area contributed by atoms with Crippen LogP contribution in [0.1, 0.15) is 43.7 Å². The zero-order valence-corrected chi connectivity index (χ0v) is 14.8. The van der Waals surface area contributed by atoms with E-state index in [1.165, 1.54) is 0 Å². The van der Waals surface area contributed by atoms with Crippen LogP contribution in [-0.4, -0.2) is 36.7 Å². The first-order valence-corrected chi connectivity index (χ1v) is 8.60. The average Bonchev–Trinajstić information content (AvgIpc) is 2.85. The number of esters is 1. The number of anilines is 1. The molecule has 0 bridgehead atoms. The van der Waals surface area contributed by atoms with Gasteiger partial charge in [0.05, 0.1) is 12.0 Å². The van der Waals surface area contributed by atoms with Crippen molar-refractivity contribution >= 4 is 17.6 Å². The summed E-state index contributed by atoms with van der Waals surface area (Å²) in [6.45, 7) is 6.43. The smallest absolute Gasteiger partial charge is 0.314 e. The Morgan fingerprint density at radius 2 is 2.00 bits per heavy atom. The molecule has 0 saturated carbocycles. The van der Waals surface area contributed by atoms with E-state index in [0.29, 0.717) is 6.61 Å². The maximum Gasteiger partial charge on any atom is 0.314 e.